The molecule has 0 aliphatic rings. The summed E-state index contributed by atoms with van der Waals surface area (Å²) in [5, 5.41) is 0. The summed E-state index contributed by atoms with van der Waals surface area (Å²) in [6, 6.07) is 30.9. The Morgan fingerprint density at radius 3 is 1.36 bits per heavy atom. The first-order valence-electron chi connectivity index (χ1n) is 15.6. The summed E-state index contributed by atoms with van der Waals surface area (Å²) in [4.78, 5) is 12.1. The van der Waals surface area contributed by atoms with E-state index in [4.69, 9.17) is 9.47 Å². The third-order valence-electron chi connectivity index (χ3n) is 9.16. The number of hydrogen-bond acceptors (Lipinski definition) is 7. The molecule has 9 nitrogen and oxygen atoms in total. The first-order valence-corrected chi connectivity index (χ1v) is 18.5. The van der Waals surface area contributed by atoms with Crippen LogP contribution in [-0.2, 0) is 31.1 Å². The van der Waals surface area contributed by atoms with Crippen LogP contribution in [-0.4, -0.2) is 38.8 Å². The van der Waals surface area contributed by atoms with Gasteiger partial charge in [0.05, 0.1) is 12.0 Å². The minimum Gasteiger partial charge on any atom is -0.497 e. The maximum Gasteiger partial charge on any atom is 0.298 e. The van der Waals surface area contributed by atoms with Gasteiger partial charge in [0.25, 0.3) is 20.2 Å². The molecule has 0 atom stereocenters. The highest BCUT2D eigenvalue weighted by atomic mass is 32.2. The third kappa shape index (κ3) is 7.51. The first-order chi connectivity index (χ1) is 23.3. The number of carbonyl (C=O) groups is 1. The normalized spacial score (nSPS) is 12.4. The maximum atomic E-state index is 13.2. The standard InChI is InChI=1S/C39H38O9S2/c1-25-7-8-26(23-35(25)49(41,42)43)37(40)27-9-22-34(36(24-27)50(44,45)46)48-33-20-16-31(17-21-33)39(4,5)29-12-10-28(11-13-29)38(2,3)30-14-18-32(47-6)19-15-30/h7-24H,1-6H3,(H,41,42,43)(H,44,45,46). The van der Waals surface area contributed by atoms with Crippen molar-refractivity contribution in [3.63, 3.8) is 0 Å². The highest BCUT2D eigenvalue weighted by molar-refractivity contribution is 7.86. The second-order valence-corrected chi connectivity index (χ2v) is 15.9. The number of aryl methyl sites for hydroxylation is 1. The lowest BCUT2D eigenvalue weighted by Gasteiger charge is -2.29. The van der Waals surface area contributed by atoms with E-state index >= 15 is 0 Å². The largest absolute Gasteiger partial charge is 0.497 e. The van der Waals surface area contributed by atoms with Gasteiger partial charge in [0.15, 0.2) is 5.78 Å². The fourth-order valence-corrected chi connectivity index (χ4v) is 7.22. The van der Waals surface area contributed by atoms with E-state index in [1.807, 2.05) is 24.3 Å². The van der Waals surface area contributed by atoms with E-state index in [-0.39, 0.29) is 27.9 Å². The molecule has 0 amide bonds. The number of ketones is 1. The average molecular weight is 715 g/mol. The van der Waals surface area contributed by atoms with E-state index in [9.17, 15) is 30.7 Å². The van der Waals surface area contributed by atoms with Gasteiger partial charge in [-0.2, -0.15) is 16.8 Å². The van der Waals surface area contributed by atoms with Crippen LogP contribution in [0.2, 0.25) is 0 Å². The van der Waals surface area contributed by atoms with Crippen molar-refractivity contribution in [3.8, 4) is 17.2 Å². The lowest BCUT2D eigenvalue weighted by Crippen LogP contribution is -2.21. The number of benzene rings is 5. The zero-order valence-corrected chi connectivity index (χ0v) is 30.1. The van der Waals surface area contributed by atoms with Crippen molar-refractivity contribution in [1.29, 1.82) is 0 Å². The molecular formula is C39H38O9S2. The summed E-state index contributed by atoms with van der Waals surface area (Å²) < 4.78 is 78.9. The molecule has 260 valence electrons. The number of carbonyl (C=O) groups excluding carboxylic acids is 1. The Kier molecular flexibility index (Phi) is 9.83. The SMILES string of the molecule is COc1ccc(C(C)(C)c2ccc(C(C)(C)c3ccc(Oc4ccc(C(=O)c5ccc(C)c(S(=O)(=O)O)c5)cc4S(=O)(=O)O)cc3)cc2)cc1. The van der Waals surface area contributed by atoms with Crippen LogP contribution in [0.25, 0.3) is 0 Å². The molecule has 11 heteroatoms. The van der Waals surface area contributed by atoms with Crippen molar-refractivity contribution in [2.75, 3.05) is 7.11 Å². The molecule has 0 fully saturated rings. The topological polar surface area (TPSA) is 144 Å². The molecule has 0 saturated carbocycles. The molecule has 0 aliphatic carbocycles. The summed E-state index contributed by atoms with van der Waals surface area (Å²) in [5.41, 5.74) is 3.75. The number of rotatable bonds is 11. The quantitative estimate of drug-likeness (QED) is 0.102. The monoisotopic (exact) mass is 714 g/mol. The van der Waals surface area contributed by atoms with Crippen LogP contribution >= 0.6 is 0 Å². The molecule has 0 unspecified atom stereocenters. The Bertz CT molecular complexity index is 2270. The van der Waals surface area contributed by atoms with Crippen molar-refractivity contribution < 1.29 is 40.2 Å². The van der Waals surface area contributed by atoms with Crippen LogP contribution in [0.15, 0.2) is 119 Å². The number of methoxy groups -OCH3 is 1. The second kappa shape index (κ2) is 13.5. The fourth-order valence-electron chi connectivity index (χ4n) is 5.83. The minimum atomic E-state index is -4.85. The summed E-state index contributed by atoms with van der Waals surface area (Å²) in [5.74, 6) is 0.159. The Hall–Kier alpha value is -4.81. The molecule has 5 aromatic carbocycles. The molecule has 5 aromatic rings. The molecule has 0 bridgehead atoms. The highest BCUT2D eigenvalue weighted by Gasteiger charge is 2.27. The molecule has 2 N–H and O–H groups in total. The summed E-state index contributed by atoms with van der Waals surface area (Å²) in [7, 11) is -7.81. The summed E-state index contributed by atoms with van der Waals surface area (Å²) in [6.45, 7) is 10.0. The zero-order valence-electron chi connectivity index (χ0n) is 28.5. The van der Waals surface area contributed by atoms with Gasteiger partial charge in [0, 0.05) is 22.0 Å². The van der Waals surface area contributed by atoms with Gasteiger partial charge in [-0.05, 0) is 83.3 Å². The molecule has 5 rings (SSSR count). The number of hydrogen-bond donors (Lipinski definition) is 2. The van der Waals surface area contributed by atoms with Gasteiger partial charge in [0.2, 0.25) is 0 Å². The van der Waals surface area contributed by atoms with E-state index in [1.165, 1.54) is 36.8 Å². The van der Waals surface area contributed by atoms with Crippen LogP contribution in [0.4, 0.5) is 0 Å². The van der Waals surface area contributed by atoms with Crippen molar-refractivity contribution in [3.05, 3.63) is 148 Å². The van der Waals surface area contributed by atoms with Crippen LogP contribution < -0.4 is 9.47 Å². The van der Waals surface area contributed by atoms with Gasteiger partial charge in [-0.3, -0.25) is 13.9 Å². The molecular weight excluding hydrogens is 677 g/mol. The Balaban J connectivity index is 1.37. The Labute approximate surface area is 293 Å². The smallest absolute Gasteiger partial charge is 0.298 e. The summed E-state index contributed by atoms with van der Waals surface area (Å²) in [6.07, 6.45) is 0. The molecule has 50 heavy (non-hydrogen) atoms. The first kappa shape index (κ1) is 36.5. The van der Waals surface area contributed by atoms with Gasteiger partial charge >= 0.3 is 0 Å². The van der Waals surface area contributed by atoms with Gasteiger partial charge in [-0.25, -0.2) is 0 Å². The zero-order chi connectivity index (χ0) is 36.6. The van der Waals surface area contributed by atoms with Gasteiger partial charge in [-0.15, -0.1) is 0 Å². The number of ether oxygens (including phenoxy) is 2. The minimum absolute atomic E-state index is 0.105. The van der Waals surface area contributed by atoms with E-state index in [0.717, 1.165) is 34.6 Å². The van der Waals surface area contributed by atoms with Crippen LogP contribution in [0.5, 0.6) is 17.2 Å². The average Bonchev–Trinajstić information content (AvgIpc) is 3.07. The van der Waals surface area contributed by atoms with Crippen molar-refractivity contribution in [1.82, 2.24) is 0 Å². The van der Waals surface area contributed by atoms with Crippen molar-refractivity contribution in [2.45, 2.75) is 55.2 Å². The van der Waals surface area contributed by atoms with E-state index in [0.29, 0.717) is 5.75 Å². The van der Waals surface area contributed by atoms with Crippen molar-refractivity contribution in [2.24, 2.45) is 0 Å². The van der Waals surface area contributed by atoms with Crippen LogP contribution in [0.1, 0.15) is 71.4 Å². The Morgan fingerprint density at radius 2 is 0.940 bits per heavy atom. The van der Waals surface area contributed by atoms with Gasteiger partial charge < -0.3 is 9.47 Å². The van der Waals surface area contributed by atoms with Crippen LogP contribution in [0, 0.1) is 6.92 Å². The van der Waals surface area contributed by atoms with E-state index in [2.05, 4.69) is 64.1 Å². The van der Waals surface area contributed by atoms with E-state index in [1.54, 1.807) is 19.2 Å². The van der Waals surface area contributed by atoms with Crippen LogP contribution in [0.3, 0.4) is 0 Å². The van der Waals surface area contributed by atoms with Crippen molar-refractivity contribution >= 4 is 26.0 Å². The molecule has 0 aliphatic heterocycles. The van der Waals surface area contributed by atoms with E-state index < -0.39 is 41.2 Å². The fraction of sp³-hybridized carbons (Fsp3) is 0.205. The summed E-state index contributed by atoms with van der Waals surface area (Å²) >= 11 is 0. The molecule has 0 saturated heterocycles. The lowest BCUT2D eigenvalue weighted by atomic mass is 9.74. The highest BCUT2D eigenvalue weighted by Crippen LogP contribution is 2.38. The third-order valence-corrected chi connectivity index (χ3v) is 11.0. The molecule has 0 heterocycles. The molecule has 0 spiro atoms. The van der Waals surface area contributed by atoms with Gasteiger partial charge in [-0.1, -0.05) is 88.4 Å². The lowest BCUT2D eigenvalue weighted by molar-refractivity contribution is 0.103. The predicted octanol–water partition coefficient (Wildman–Crippen LogP) is 8.17. The molecule has 0 aromatic heterocycles. The predicted molar refractivity (Wildman–Crippen MR) is 191 cm³/mol. The molecule has 0 radical (unpaired) electrons. The second-order valence-electron chi connectivity index (χ2n) is 13.1. The maximum absolute atomic E-state index is 13.2. The van der Waals surface area contributed by atoms with Gasteiger partial charge in [0.1, 0.15) is 22.1 Å². The Morgan fingerprint density at radius 1 is 0.560 bits per heavy atom.